The Bertz CT molecular complexity index is 682. The van der Waals surface area contributed by atoms with E-state index in [-0.39, 0.29) is 6.54 Å². The van der Waals surface area contributed by atoms with Crippen LogP contribution in [0.3, 0.4) is 0 Å². The molecule has 5 nitrogen and oxygen atoms in total. The van der Waals surface area contributed by atoms with Crippen LogP contribution in [0.5, 0.6) is 5.88 Å². The molecule has 1 aromatic carbocycles. The van der Waals surface area contributed by atoms with Crippen LogP contribution in [0.15, 0.2) is 47.5 Å². The van der Waals surface area contributed by atoms with E-state index in [1.807, 2.05) is 6.07 Å². The van der Waals surface area contributed by atoms with Gasteiger partial charge >= 0.3 is 0 Å². The Hall–Kier alpha value is -1.92. The lowest BCUT2D eigenvalue weighted by atomic mass is 10.2. The molecule has 0 atom stereocenters. The van der Waals surface area contributed by atoms with Crippen molar-refractivity contribution in [3.8, 4) is 5.88 Å². The summed E-state index contributed by atoms with van der Waals surface area (Å²) in [6, 6.07) is 10.3. The van der Waals surface area contributed by atoms with Crippen molar-refractivity contribution < 1.29 is 13.2 Å². The summed E-state index contributed by atoms with van der Waals surface area (Å²) in [5.41, 5.74) is 1.48. The van der Waals surface area contributed by atoms with Gasteiger partial charge in [-0.05, 0) is 24.1 Å². The zero-order valence-corrected chi connectivity index (χ0v) is 12.1. The lowest BCUT2D eigenvalue weighted by Crippen LogP contribution is -2.24. The van der Waals surface area contributed by atoms with E-state index in [9.17, 15) is 8.42 Å². The molecule has 0 bridgehead atoms. The minimum atomic E-state index is -3.51. The number of nitrogens with zero attached hydrogens (tertiary/aromatic N) is 1. The zero-order valence-electron chi connectivity index (χ0n) is 11.3. The first-order valence-corrected chi connectivity index (χ1v) is 7.55. The molecule has 0 aliphatic heterocycles. The summed E-state index contributed by atoms with van der Waals surface area (Å²) in [4.78, 5) is 4.32. The van der Waals surface area contributed by atoms with Crippen LogP contribution in [0.25, 0.3) is 0 Å². The number of methoxy groups -OCH3 is 1. The topological polar surface area (TPSA) is 68.3 Å². The van der Waals surface area contributed by atoms with Gasteiger partial charge in [-0.3, -0.25) is 0 Å². The number of benzene rings is 1. The smallest absolute Gasteiger partial charge is 0.241 e. The number of aryl methyl sites for hydroxylation is 1. The van der Waals surface area contributed by atoms with E-state index in [1.165, 1.54) is 7.11 Å². The number of rotatable bonds is 5. The predicted molar refractivity (Wildman–Crippen MR) is 76.0 cm³/mol. The Kier molecular flexibility index (Phi) is 4.36. The van der Waals surface area contributed by atoms with Crippen LogP contribution >= 0.6 is 0 Å². The number of pyridine rings is 1. The third kappa shape index (κ3) is 3.34. The van der Waals surface area contributed by atoms with Crippen molar-refractivity contribution in [2.24, 2.45) is 0 Å². The van der Waals surface area contributed by atoms with Gasteiger partial charge in [-0.2, -0.15) is 0 Å². The summed E-state index contributed by atoms with van der Waals surface area (Å²) in [7, 11) is -1.98. The fourth-order valence-corrected chi connectivity index (χ4v) is 3.01. The minimum Gasteiger partial charge on any atom is -0.481 e. The van der Waals surface area contributed by atoms with E-state index in [0.717, 1.165) is 5.56 Å². The minimum absolute atomic E-state index is 0.188. The third-order valence-electron chi connectivity index (χ3n) is 2.86. The molecule has 1 heterocycles. The Morgan fingerprint density at radius 3 is 2.55 bits per heavy atom. The average molecular weight is 292 g/mol. The highest BCUT2D eigenvalue weighted by molar-refractivity contribution is 7.89. The van der Waals surface area contributed by atoms with Crippen molar-refractivity contribution in [3.05, 3.63) is 53.7 Å². The van der Waals surface area contributed by atoms with Gasteiger partial charge in [0.1, 0.15) is 0 Å². The van der Waals surface area contributed by atoms with Gasteiger partial charge in [0, 0.05) is 18.8 Å². The first-order chi connectivity index (χ1) is 9.53. The highest BCUT2D eigenvalue weighted by atomic mass is 32.2. The van der Waals surface area contributed by atoms with Gasteiger partial charge < -0.3 is 4.74 Å². The molecule has 0 amide bonds. The van der Waals surface area contributed by atoms with Gasteiger partial charge in [0.15, 0.2) is 0 Å². The quantitative estimate of drug-likeness (QED) is 0.913. The molecule has 0 aliphatic rings. The Morgan fingerprint density at radius 2 is 1.95 bits per heavy atom. The van der Waals surface area contributed by atoms with Crippen LogP contribution in [-0.4, -0.2) is 20.5 Å². The molecule has 0 unspecified atom stereocenters. The molecule has 0 radical (unpaired) electrons. The van der Waals surface area contributed by atoms with E-state index in [0.29, 0.717) is 16.3 Å². The molecular weight excluding hydrogens is 276 g/mol. The van der Waals surface area contributed by atoms with Gasteiger partial charge in [0.2, 0.25) is 15.9 Å². The number of nitrogens with one attached hydrogen (secondary N) is 1. The maximum Gasteiger partial charge on any atom is 0.241 e. The second-order valence-electron chi connectivity index (χ2n) is 4.30. The zero-order chi connectivity index (χ0) is 14.6. The molecule has 20 heavy (non-hydrogen) atoms. The monoisotopic (exact) mass is 292 g/mol. The van der Waals surface area contributed by atoms with Crippen molar-refractivity contribution in [2.75, 3.05) is 7.11 Å². The van der Waals surface area contributed by atoms with E-state index >= 15 is 0 Å². The fraction of sp³-hybridized carbons (Fsp3) is 0.214. The maximum absolute atomic E-state index is 12.2. The largest absolute Gasteiger partial charge is 0.481 e. The predicted octanol–water partition coefficient (Wildman–Crippen LogP) is 1.88. The average Bonchev–Trinajstić information content (AvgIpc) is 2.46. The van der Waals surface area contributed by atoms with Crippen molar-refractivity contribution in [1.82, 2.24) is 9.71 Å². The number of hydrogen-bond acceptors (Lipinski definition) is 4. The Labute approximate surface area is 118 Å². The first-order valence-electron chi connectivity index (χ1n) is 6.07. The van der Waals surface area contributed by atoms with Gasteiger partial charge in [-0.25, -0.2) is 18.1 Å². The Morgan fingerprint density at radius 1 is 1.20 bits per heavy atom. The molecule has 0 fully saturated rings. The molecule has 0 saturated carbocycles. The number of sulfonamides is 1. The van der Waals surface area contributed by atoms with Gasteiger partial charge in [0.05, 0.1) is 12.0 Å². The highest BCUT2D eigenvalue weighted by Gasteiger charge is 2.15. The summed E-state index contributed by atoms with van der Waals surface area (Å²) >= 11 is 0. The number of ether oxygens (including phenoxy) is 1. The molecule has 6 heteroatoms. The normalized spacial score (nSPS) is 11.3. The fourth-order valence-electron chi connectivity index (χ4n) is 1.75. The lowest BCUT2D eigenvalue weighted by molar-refractivity contribution is 0.397. The maximum atomic E-state index is 12.2. The van der Waals surface area contributed by atoms with Crippen molar-refractivity contribution in [3.63, 3.8) is 0 Å². The molecular formula is C14H16N2O3S. The molecule has 0 saturated heterocycles. The van der Waals surface area contributed by atoms with E-state index in [2.05, 4.69) is 9.71 Å². The highest BCUT2D eigenvalue weighted by Crippen LogP contribution is 2.14. The van der Waals surface area contributed by atoms with Crippen LogP contribution in [-0.2, 0) is 16.6 Å². The number of hydrogen-bond donors (Lipinski definition) is 1. The lowest BCUT2D eigenvalue weighted by Gasteiger charge is -2.09. The summed E-state index contributed by atoms with van der Waals surface area (Å²) in [5.74, 6) is 0.496. The second kappa shape index (κ2) is 6.02. The summed E-state index contributed by atoms with van der Waals surface area (Å²) < 4.78 is 31.9. The molecule has 0 spiro atoms. The van der Waals surface area contributed by atoms with Crippen LogP contribution in [0.4, 0.5) is 0 Å². The summed E-state index contributed by atoms with van der Waals surface area (Å²) in [6.45, 7) is 1.96. The molecule has 2 aromatic rings. The SMILES string of the molecule is COc1ccc(CNS(=O)(=O)c2ccccc2C)cn1. The van der Waals surface area contributed by atoms with Crippen molar-refractivity contribution in [1.29, 1.82) is 0 Å². The molecule has 2 rings (SSSR count). The van der Waals surface area contributed by atoms with E-state index < -0.39 is 10.0 Å². The van der Waals surface area contributed by atoms with Crippen molar-refractivity contribution >= 4 is 10.0 Å². The Balaban J connectivity index is 2.11. The van der Waals surface area contributed by atoms with E-state index in [4.69, 9.17) is 4.74 Å². The second-order valence-corrected chi connectivity index (χ2v) is 6.03. The van der Waals surface area contributed by atoms with Gasteiger partial charge in [-0.15, -0.1) is 0 Å². The molecule has 1 aromatic heterocycles. The van der Waals surface area contributed by atoms with Crippen LogP contribution in [0.1, 0.15) is 11.1 Å². The molecule has 1 N–H and O–H groups in total. The number of aromatic nitrogens is 1. The standard InChI is InChI=1S/C14H16N2O3S/c1-11-5-3-4-6-13(11)20(17,18)16-10-12-7-8-14(19-2)15-9-12/h3-9,16H,10H2,1-2H3. The van der Waals surface area contributed by atoms with Crippen molar-refractivity contribution in [2.45, 2.75) is 18.4 Å². The van der Waals surface area contributed by atoms with Crippen LogP contribution < -0.4 is 9.46 Å². The van der Waals surface area contributed by atoms with Gasteiger partial charge in [0.25, 0.3) is 0 Å². The summed E-state index contributed by atoms with van der Waals surface area (Å²) in [5, 5.41) is 0. The molecule has 106 valence electrons. The summed E-state index contributed by atoms with van der Waals surface area (Å²) in [6.07, 6.45) is 1.58. The molecule has 0 aliphatic carbocycles. The third-order valence-corrected chi connectivity index (χ3v) is 4.42. The van der Waals surface area contributed by atoms with Crippen LogP contribution in [0, 0.1) is 6.92 Å². The van der Waals surface area contributed by atoms with Gasteiger partial charge in [-0.1, -0.05) is 24.3 Å². The first kappa shape index (κ1) is 14.5. The van der Waals surface area contributed by atoms with E-state index in [1.54, 1.807) is 43.5 Å². The van der Waals surface area contributed by atoms with Crippen LogP contribution in [0.2, 0.25) is 0 Å².